The molecule has 0 heterocycles. The summed E-state index contributed by atoms with van der Waals surface area (Å²) in [5, 5.41) is 0. The summed E-state index contributed by atoms with van der Waals surface area (Å²) in [6, 6.07) is 6.20. The van der Waals surface area contributed by atoms with Gasteiger partial charge < -0.3 is 0 Å². The fraction of sp³-hybridized carbons (Fsp3) is 0. The normalized spacial score (nSPS) is 11.7. The zero-order valence-electron chi connectivity index (χ0n) is 6.20. The van der Waals surface area contributed by atoms with E-state index in [0.29, 0.717) is 10.0 Å². The van der Waals surface area contributed by atoms with Gasteiger partial charge in [-0.25, -0.2) is 0 Å². The molecule has 1 aromatic carbocycles. The van der Waals surface area contributed by atoms with Crippen molar-refractivity contribution < 1.29 is 37.4 Å². The van der Waals surface area contributed by atoms with Crippen LogP contribution in [0.1, 0.15) is 0 Å². The molecule has 1 rings (SSSR count). The van der Waals surface area contributed by atoms with Crippen molar-refractivity contribution in [3.63, 3.8) is 0 Å². The van der Waals surface area contributed by atoms with Gasteiger partial charge in [-0.2, -0.15) is 0 Å². The number of anilines is 1. The molecule has 0 fully saturated rings. The third kappa shape index (κ3) is 3.50. The maximum atomic E-state index is 10.4. The van der Waals surface area contributed by atoms with Gasteiger partial charge in [0, 0.05) is 0 Å². The Bertz CT molecular complexity index is 249. The van der Waals surface area contributed by atoms with Gasteiger partial charge in [0.25, 0.3) is 0 Å². The van der Waals surface area contributed by atoms with Crippen molar-refractivity contribution in [1.29, 1.82) is 0 Å². The van der Waals surface area contributed by atoms with E-state index in [1.54, 1.807) is 12.1 Å². The monoisotopic (exact) mass is 223 g/mol. The van der Waals surface area contributed by atoms with Gasteiger partial charge in [0.1, 0.15) is 0 Å². The van der Waals surface area contributed by atoms with E-state index in [1.807, 2.05) is 0 Å². The van der Waals surface area contributed by atoms with E-state index < -0.39 is 14.9 Å². The average molecular weight is 223 g/mol. The Morgan fingerprint density at radius 2 is 1.73 bits per heavy atom. The molecule has 1 unspecified atom stereocenters. The Morgan fingerprint density at radius 3 is 2.09 bits per heavy atom. The largest absolute Gasteiger partial charge is 1.00 e. The molecule has 3 nitrogen and oxygen atoms in total. The number of rotatable bonds is 1. The van der Waals surface area contributed by atoms with Gasteiger partial charge in [0.15, 0.2) is 0 Å². The zero-order valence-corrected chi connectivity index (χ0v) is 10.3. The Morgan fingerprint density at radius 1 is 1.27 bits per heavy atom. The molecule has 2 N–H and O–H groups in total. The number of nitrogens with two attached hydrogens (primary N) is 1. The molecular weight excluding hydrogens is 216 g/mol. The maximum absolute atomic E-state index is 10.4. The summed E-state index contributed by atoms with van der Waals surface area (Å²) in [5.41, 5.74) is 5.93. The molecule has 54 valence electrons. The molecule has 0 aliphatic heterocycles. The molecule has 0 saturated heterocycles. The second-order valence-electron chi connectivity index (χ2n) is 1.91. The second kappa shape index (κ2) is 5.07. The summed E-state index contributed by atoms with van der Waals surface area (Å²) in [6.45, 7) is 0. The van der Waals surface area contributed by atoms with Gasteiger partial charge in [-0.15, -0.1) is 0 Å². The van der Waals surface area contributed by atoms with Crippen molar-refractivity contribution in [1.82, 2.24) is 0 Å². The predicted molar refractivity (Wildman–Crippen MR) is 38.3 cm³/mol. The van der Waals surface area contributed by atoms with E-state index in [0.717, 1.165) is 0 Å². The third-order valence-corrected chi connectivity index (χ3v) is 2.83. The molecule has 0 saturated carbocycles. The summed E-state index contributed by atoms with van der Waals surface area (Å²) in [5.74, 6) is 0. The molecule has 5 heteroatoms. The first-order valence-electron chi connectivity index (χ1n) is 2.77. The van der Waals surface area contributed by atoms with Crippen LogP contribution in [0.25, 0.3) is 0 Å². The first-order chi connectivity index (χ1) is 4.70. The van der Waals surface area contributed by atoms with Gasteiger partial charge >= 0.3 is 92.4 Å². The van der Waals surface area contributed by atoms with Crippen LogP contribution in [-0.2, 0) is 3.74 Å². The minimum Gasteiger partial charge on any atom is 1.00 e. The minimum absolute atomic E-state index is 0. The first kappa shape index (κ1) is 11.3. The van der Waals surface area contributed by atoms with E-state index in [1.165, 1.54) is 12.1 Å². The molecular formula is C6H7AsNNaO2. The van der Waals surface area contributed by atoms with Crippen LogP contribution in [0.3, 0.4) is 0 Å². The van der Waals surface area contributed by atoms with Crippen molar-refractivity contribution in [3.8, 4) is 0 Å². The van der Waals surface area contributed by atoms with Crippen LogP contribution in [0.15, 0.2) is 24.3 Å². The zero-order chi connectivity index (χ0) is 7.56. The van der Waals surface area contributed by atoms with Gasteiger partial charge in [0.2, 0.25) is 0 Å². The summed E-state index contributed by atoms with van der Waals surface area (Å²) >= 11 is -3.35. The van der Waals surface area contributed by atoms with Gasteiger partial charge in [0.05, 0.1) is 0 Å². The predicted octanol–water partition coefficient (Wildman–Crippen LogP) is -4.51. The summed E-state index contributed by atoms with van der Waals surface area (Å²) < 4.78 is 21.2. The molecule has 0 aromatic heterocycles. The Labute approximate surface area is 91.7 Å². The minimum atomic E-state index is -3.35. The van der Waals surface area contributed by atoms with E-state index in [-0.39, 0.29) is 29.6 Å². The van der Waals surface area contributed by atoms with Crippen molar-refractivity contribution >= 4 is 25.0 Å². The summed E-state index contributed by atoms with van der Waals surface area (Å²) in [7, 11) is 0. The summed E-state index contributed by atoms with van der Waals surface area (Å²) in [4.78, 5) is 0. The maximum Gasteiger partial charge on any atom is 1.00 e. The quantitative estimate of drug-likeness (QED) is 0.385. The van der Waals surface area contributed by atoms with Crippen molar-refractivity contribution in [3.05, 3.63) is 24.3 Å². The molecule has 1 aromatic rings. The number of nitrogen functional groups attached to an aromatic ring is 1. The van der Waals surface area contributed by atoms with Crippen molar-refractivity contribution in [2.45, 2.75) is 0 Å². The number of hydrogen-bond donors (Lipinski definition) is 1. The molecule has 1 atom stereocenters. The van der Waals surface area contributed by atoms with Crippen LogP contribution in [0, 0.1) is 0 Å². The molecule has 0 spiro atoms. The number of hydrogen-bond acceptors (Lipinski definition) is 3. The van der Waals surface area contributed by atoms with E-state index in [4.69, 9.17) is 5.73 Å². The van der Waals surface area contributed by atoms with Crippen LogP contribution in [-0.4, -0.2) is 14.9 Å². The average Bonchev–Trinajstić information content (AvgIpc) is 1.88. The SMILES string of the molecule is Nc1ccc([AsH](=O)[O-])cc1.[Na+]. The fourth-order valence-corrected chi connectivity index (χ4v) is 1.54. The van der Waals surface area contributed by atoms with Gasteiger partial charge in [-0.1, -0.05) is 0 Å². The van der Waals surface area contributed by atoms with Crippen molar-refractivity contribution in [2.24, 2.45) is 0 Å². The third-order valence-electron chi connectivity index (χ3n) is 1.15. The Kier molecular flexibility index (Phi) is 5.22. The second-order valence-corrected chi connectivity index (χ2v) is 4.33. The van der Waals surface area contributed by atoms with Crippen LogP contribution in [0.5, 0.6) is 0 Å². The Hall–Kier alpha value is 0.338. The molecule has 0 bridgehead atoms. The topological polar surface area (TPSA) is 66.2 Å². The molecule has 0 radical (unpaired) electrons. The van der Waals surface area contributed by atoms with Crippen LogP contribution in [0.4, 0.5) is 5.69 Å². The van der Waals surface area contributed by atoms with Crippen molar-refractivity contribution in [2.75, 3.05) is 5.73 Å². The van der Waals surface area contributed by atoms with Gasteiger partial charge in [-0.3, -0.25) is 0 Å². The van der Waals surface area contributed by atoms with Crippen LogP contribution in [0.2, 0.25) is 0 Å². The van der Waals surface area contributed by atoms with E-state index in [9.17, 15) is 7.84 Å². The molecule has 11 heavy (non-hydrogen) atoms. The van der Waals surface area contributed by atoms with Crippen LogP contribution >= 0.6 is 0 Å². The fourth-order valence-electron chi connectivity index (χ4n) is 0.619. The summed E-state index contributed by atoms with van der Waals surface area (Å²) in [6.07, 6.45) is 0. The number of benzene rings is 1. The molecule has 0 aliphatic carbocycles. The smallest absolute Gasteiger partial charge is 1.00 e. The Balaban J connectivity index is 0.000001000. The van der Waals surface area contributed by atoms with E-state index >= 15 is 0 Å². The van der Waals surface area contributed by atoms with Crippen LogP contribution < -0.4 is 43.7 Å². The molecule has 0 aliphatic rings. The van der Waals surface area contributed by atoms with E-state index in [2.05, 4.69) is 0 Å². The molecule has 0 amide bonds. The van der Waals surface area contributed by atoms with Gasteiger partial charge in [-0.05, 0) is 0 Å². The standard InChI is InChI=1S/C6H8AsNO2.Na/c8-6-3-1-5(2-4-6)7(9)10;/h1-4,7H,8H2,(H,9,10);/q;+1/p-1. The first-order valence-corrected chi connectivity index (χ1v) is 5.53.